The summed E-state index contributed by atoms with van der Waals surface area (Å²) >= 11 is 0. The van der Waals surface area contributed by atoms with Crippen molar-refractivity contribution in [2.75, 3.05) is 0 Å². The molecule has 11 rings (SSSR count). The van der Waals surface area contributed by atoms with Crippen LogP contribution in [0.5, 0.6) is 0 Å². The normalized spacial score (nSPS) is 15.1. The van der Waals surface area contributed by atoms with Gasteiger partial charge in [0.1, 0.15) is 0 Å². The number of fused-ring (bicyclic) bond motifs is 12. The second kappa shape index (κ2) is 11.9. The SMILES string of the molecule is Cc1cc(C2=c3cccc/c3=C/CCC=C2)ccc1-c1nc(-c2cccc3c2-c2ccccc2C32c3ccccc3-c3ccccc32)nc2ccccc12. The lowest BCUT2D eigenvalue weighted by Crippen LogP contribution is -2.27. The second-order valence-corrected chi connectivity index (χ2v) is 14.7. The zero-order valence-electron chi connectivity index (χ0n) is 30.1. The molecule has 0 unspecified atom stereocenters. The number of hydrogen-bond acceptors (Lipinski definition) is 2. The van der Waals surface area contributed by atoms with Gasteiger partial charge in [0, 0.05) is 16.5 Å². The van der Waals surface area contributed by atoms with Gasteiger partial charge in [-0.25, -0.2) is 9.97 Å². The first-order chi connectivity index (χ1) is 26.7. The molecule has 1 aromatic heterocycles. The molecule has 0 amide bonds. The van der Waals surface area contributed by atoms with Gasteiger partial charge in [-0.1, -0.05) is 170 Å². The molecular weight excluding hydrogens is 653 g/mol. The lowest BCUT2D eigenvalue weighted by molar-refractivity contribution is 0.794. The number of allylic oxidation sites excluding steroid dienone is 2. The van der Waals surface area contributed by atoms with Crippen molar-refractivity contribution in [2.24, 2.45) is 0 Å². The van der Waals surface area contributed by atoms with Gasteiger partial charge in [-0.2, -0.15) is 0 Å². The molecule has 0 aliphatic heterocycles. The average molecular weight is 689 g/mol. The highest BCUT2D eigenvalue weighted by atomic mass is 14.9. The van der Waals surface area contributed by atoms with Crippen LogP contribution in [0.25, 0.3) is 67.5 Å². The highest BCUT2D eigenvalue weighted by Gasteiger charge is 2.52. The molecular formula is C52H36N2. The lowest BCUT2D eigenvalue weighted by atomic mass is 9.70. The largest absolute Gasteiger partial charge is 0.228 e. The van der Waals surface area contributed by atoms with Crippen molar-refractivity contribution in [3.05, 3.63) is 214 Å². The van der Waals surface area contributed by atoms with Crippen molar-refractivity contribution in [1.82, 2.24) is 9.97 Å². The molecule has 54 heavy (non-hydrogen) atoms. The summed E-state index contributed by atoms with van der Waals surface area (Å²) < 4.78 is 0. The van der Waals surface area contributed by atoms with Crippen LogP contribution in [-0.2, 0) is 5.41 Å². The number of hydrogen-bond donors (Lipinski definition) is 0. The van der Waals surface area contributed by atoms with Crippen LogP contribution in [-0.4, -0.2) is 9.97 Å². The van der Waals surface area contributed by atoms with Crippen molar-refractivity contribution in [3.8, 4) is 44.9 Å². The molecule has 0 radical (unpaired) electrons. The first-order valence-corrected chi connectivity index (χ1v) is 19.0. The monoisotopic (exact) mass is 688 g/mol. The van der Waals surface area contributed by atoms with Crippen molar-refractivity contribution in [1.29, 1.82) is 0 Å². The van der Waals surface area contributed by atoms with Crippen molar-refractivity contribution in [2.45, 2.75) is 25.2 Å². The van der Waals surface area contributed by atoms with Gasteiger partial charge >= 0.3 is 0 Å². The predicted octanol–water partition coefficient (Wildman–Crippen LogP) is 10.9. The van der Waals surface area contributed by atoms with Crippen LogP contribution in [0.3, 0.4) is 0 Å². The van der Waals surface area contributed by atoms with Crippen LogP contribution >= 0.6 is 0 Å². The molecule has 0 atom stereocenters. The van der Waals surface area contributed by atoms with E-state index in [1.54, 1.807) is 0 Å². The van der Waals surface area contributed by atoms with E-state index >= 15 is 0 Å². The molecule has 0 fully saturated rings. The van der Waals surface area contributed by atoms with Gasteiger partial charge in [-0.05, 0) is 97.5 Å². The minimum Gasteiger partial charge on any atom is -0.228 e. The number of rotatable bonds is 3. The summed E-state index contributed by atoms with van der Waals surface area (Å²) in [5.41, 5.74) is 17.7. The van der Waals surface area contributed by atoms with E-state index < -0.39 is 5.41 Å². The third-order valence-corrected chi connectivity index (χ3v) is 11.9. The Balaban J connectivity index is 1.14. The number of aryl methyl sites for hydroxylation is 1. The Morgan fingerprint density at radius 3 is 1.96 bits per heavy atom. The first-order valence-electron chi connectivity index (χ1n) is 19.0. The molecule has 3 aliphatic carbocycles. The van der Waals surface area contributed by atoms with E-state index in [0.717, 1.165) is 46.4 Å². The standard InChI is InChI=1S/C52H36N2/c1-33-32-35(38-18-4-2-3-16-34-17-5-6-19-37(34)38)30-31-36(33)50-42-23-10-14-29-48(42)53-51(54-50)43-24-15-28-47-49(43)41-22-9-13-27-46(41)52(47)44-25-11-7-20-39(44)40-21-8-12-26-45(40)52/h4-32H,2-3H2,1H3/b18-4?,34-16-,38-37?. The summed E-state index contributed by atoms with van der Waals surface area (Å²) in [6.07, 6.45) is 9.07. The van der Waals surface area contributed by atoms with E-state index in [1.165, 1.54) is 71.6 Å². The van der Waals surface area contributed by atoms with Crippen LogP contribution in [0.4, 0.5) is 0 Å². The van der Waals surface area contributed by atoms with Crippen molar-refractivity contribution in [3.63, 3.8) is 0 Å². The minimum absolute atomic E-state index is 0.416. The maximum Gasteiger partial charge on any atom is 0.161 e. The number of nitrogens with zero attached hydrogens (tertiary/aromatic N) is 2. The van der Waals surface area contributed by atoms with E-state index in [2.05, 4.69) is 183 Å². The third kappa shape index (κ3) is 4.34. The molecule has 0 bridgehead atoms. The highest BCUT2D eigenvalue weighted by molar-refractivity contribution is 6.01. The van der Waals surface area contributed by atoms with Crippen LogP contribution in [0.2, 0.25) is 0 Å². The Labute approximate surface area is 315 Å². The molecule has 1 heterocycles. The van der Waals surface area contributed by atoms with Gasteiger partial charge in [-0.3, -0.25) is 0 Å². The fraction of sp³-hybridized carbons (Fsp3) is 0.0769. The Hall–Kier alpha value is -6.64. The molecule has 8 aromatic rings. The van der Waals surface area contributed by atoms with E-state index in [0.29, 0.717) is 0 Å². The van der Waals surface area contributed by atoms with Crippen LogP contribution in [0.1, 0.15) is 46.2 Å². The van der Waals surface area contributed by atoms with E-state index in [4.69, 9.17) is 9.97 Å². The molecule has 2 heteroatoms. The quantitative estimate of drug-likeness (QED) is 0.185. The molecule has 0 saturated heterocycles. The molecule has 2 nitrogen and oxygen atoms in total. The maximum absolute atomic E-state index is 5.52. The van der Waals surface area contributed by atoms with Gasteiger partial charge in [0.25, 0.3) is 0 Å². The Morgan fingerprint density at radius 1 is 0.519 bits per heavy atom. The van der Waals surface area contributed by atoms with Crippen molar-refractivity contribution >= 4 is 22.6 Å². The molecule has 0 N–H and O–H groups in total. The molecule has 1 spiro atoms. The maximum atomic E-state index is 5.52. The molecule has 254 valence electrons. The van der Waals surface area contributed by atoms with E-state index in [-0.39, 0.29) is 0 Å². The summed E-state index contributed by atoms with van der Waals surface area (Å²) in [6.45, 7) is 2.22. The fourth-order valence-electron chi connectivity index (χ4n) is 9.63. The minimum atomic E-state index is -0.416. The summed E-state index contributed by atoms with van der Waals surface area (Å²) in [7, 11) is 0. The Morgan fingerprint density at radius 2 is 1.17 bits per heavy atom. The smallest absolute Gasteiger partial charge is 0.161 e. The Kier molecular flexibility index (Phi) is 6.84. The van der Waals surface area contributed by atoms with Crippen molar-refractivity contribution < 1.29 is 0 Å². The second-order valence-electron chi connectivity index (χ2n) is 14.7. The zero-order valence-corrected chi connectivity index (χ0v) is 30.1. The topological polar surface area (TPSA) is 25.8 Å². The van der Waals surface area contributed by atoms with Crippen LogP contribution in [0, 0.1) is 6.92 Å². The average Bonchev–Trinajstić information content (AvgIpc) is 3.69. The summed E-state index contributed by atoms with van der Waals surface area (Å²) in [5.74, 6) is 0.747. The zero-order chi connectivity index (χ0) is 35.8. The first kappa shape index (κ1) is 30.9. The number of benzene rings is 7. The Bertz CT molecular complexity index is 2970. The lowest BCUT2D eigenvalue weighted by Gasteiger charge is -2.30. The highest BCUT2D eigenvalue weighted by Crippen LogP contribution is 2.63. The summed E-state index contributed by atoms with van der Waals surface area (Å²) in [5, 5.41) is 3.63. The third-order valence-electron chi connectivity index (χ3n) is 11.9. The van der Waals surface area contributed by atoms with E-state index in [9.17, 15) is 0 Å². The van der Waals surface area contributed by atoms with Gasteiger partial charge in [0.2, 0.25) is 0 Å². The van der Waals surface area contributed by atoms with Crippen LogP contribution in [0.15, 0.2) is 170 Å². The molecule has 0 saturated carbocycles. The van der Waals surface area contributed by atoms with Gasteiger partial charge < -0.3 is 0 Å². The number of aromatic nitrogens is 2. The summed E-state index contributed by atoms with van der Waals surface area (Å²) in [4.78, 5) is 10.8. The molecule has 3 aliphatic rings. The van der Waals surface area contributed by atoms with E-state index in [1.807, 2.05) is 0 Å². The van der Waals surface area contributed by atoms with Gasteiger partial charge in [-0.15, -0.1) is 0 Å². The van der Waals surface area contributed by atoms with Gasteiger partial charge in [0.15, 0.2) is 5.82 Å². The fourth-order valence-corrected chi connectivity index (χ4v) is 9.63. The van der Waals surface area contributed by atoms with Gasteiger partial charge in [0.05, 0.1) is 16.6 Å². The summed E-state index contributed by atoms with van der Waals surface area (Å²) in [6, 6.07) is 57.7. The number of para-hydroxylation sites is 1. The predicted molar refractivity (Wildman–Crippen MR) is 222 cm³/mol. The van der Waals surface area contributed by atoms with Crippen LogP contribution < -0.4 is 10.4 Å². The molecule has 7 aromatic carbocycles.